The number of hydrogen-bond acceptors (Lipinski definition) is 5. The number of carbonyl (C=O) groups is 3. The highest BCUT2D eigenvalue weighted by Gasteiger charge is 2.34. The Morgan fingerprint density at radius 2 is 1.28 bits per heavy atom. The standard InChI is InChI=1S/C23H17NO5/c25-21-19-8-4-5-9-20(19)22(26)24(21)14-15-28-23(27)16-10-12-18(13-11-16)29-17-6-2-1-3-7-17/h1-13H,14-15H2. The smallest absolute Gasteiger partial charge is 0.338 e. The minimum absolute atomic E-state index is 0.00723. The van der Waals surface area contributed by atoms with Crippen LogP contribution < -0.4 is 4.74 Å². The van der Waals surface area contributed by atoms with Gasteiger partial charge in [-0.25, -0.2) is 4.79 Å². The van der Waals surface area contributed by atoms with Gasteiger partial charge in [-0.3, -0.25) is 14.5 Å². The van der Waals surface area contributed by atoms with Crippen LogP contribution in [0.4, 0.5) is 0 Å². The summed E-state index contributed by atoms with van der Waals surface area (Å²) in [5, 5.41) is 0. The molecule has 0 aromatic heterocycles. The van der Waals surface area contributed by atoms with Gasteiger partial charge in [0.1, 0.15) is 18.1 Å². The molecule has 0 unspecified atom stereocenters. The second-order valence-corrected chi connectivity index (χ2v) is 6.38. The first-order chi connectivity index (χ1) is 14.1. The zero-order valence-electron chi connectivity index (χ0n) is 15.4. The number of amides is 2. The molecule has 6 nitrogen and oxygen atoms in total. The lowest BCUT2D eigenvalue weighted by Crippen LogP contribution is -2.33. The van der Waals surface area contributed by atoms with E-state index in [-0.39, 0.29) is 25.0 Å². The molecular formula is C23H17NO5. The molecule has 1 aliphatic rings. The van der Waals surface area contributed by atoms with Crippen molar-refractivity contribution in [3.8, 4) is 11.5 Å². The molecule has 0 atom stereocenters. The quantitative estimate of drug-likeness (QED) is 0.473. The van der Waals surface area contributed by atoms with Crippen molar-refractivity contribution in [1.29, 1.82) is 0 Å². The van der Waals surface area contributed by atoms with Crippen LogP contribution in [0, 0.1) is 0 Å². The van der Waals surface area contributed by atoms with Gasteiger partial charge >= 0.3 is 5.97 Å². The monoisotopic (exact) mass is 387 g/mol. The Morgan fingerprint density at radius 1 is 0.724 bits per heavy atom. The fourth-order valence-electron chi connectivity index (χ4n) is 3.04. The van der Waals surface area contributed by atoms with Crippen molar-refractivity contribution in [2.45, 2.75) is 0 Å². The number of esters is 1. The molecule has 0 radical (unpaired) electrons. The third kappa shape index (κ3) is 3.87. The molecule has 0 N–H and O–H groups in total. The summed E-state index contributed by atoms with van der Waals surface area (Å²) >= 11 is 0. The maximum Gasteiger partial charge on any atom is 0.338 e. The van der Waals surface area contributed by atoms with Crippen LogP contribution >= 0.6 is 0 Å². The summed E-state index contributed by atoms with van der Waals surface area (Å²) in [5.74, 6) is 0.0172. The van der Waals surface area contributed by atoms with Crippen LogP contribution in [0.15, 0.2) is 78.9 Å². The van der Waals surface area contributed by atoms with Gasteiger partial charge in [-0.1, -0.05) is 30.3 Å². The van der Waals surface area contributed by atoms with Crippen molar-refractivity contribution in [3.05, 3.63) is 95.6 Å². The maximum atomic E-state index is 12.3. The van der Waals surface area contributed by atoms with Crippen LogP contribution in [0.2, 0.25) is 0 Å². The lowest BCUT2D eigenvalue weighted by Gasteiger charge is -2.14. The first kappa shape index (κ1) is 18.4. The summed E-state index contributed by atoms with van der Waals surface area (Å²) in [6.07, 6.45) is 0. The van der Waals surface area contributed by atoms with Gasteiger partial charge in [0.15, 0.2) is 0 Å². The summed E-state index contributed by atoms with van der Waals surface area (Å²) < 4.78 is 10.9. The molecule has 4 rings (SSSR count). The minimum atomic E-state index is -0.534. The summed E-state index contributed by atoms with van der Waals surface area (Å²) in [6, 6.07) is 22.5. The molecule has 0 aliphatic carbocycles. The van der Waals surface area contributed by atoms with Crippen molar-refractivity contribution in [2.75, 3.05) is 13.2 Å². The van der Waals surface area contributed by atoms with E-state index in [0.717, 1.165) is 4.90 Å². The molecule has 6 heteroatoms. The second kappa shape index (κ2) is 7.98. The van der Waals surface area contributed by atoms with Gasteiger partial charge in [-0.15, -0.1) is 0 Å². The number of nitrogens with zero attached hydrogens (tertiary/aromatic N) is 1. The average Bonchev–Trinajstić information content (AvgIpc) is 3.00. The molecular weight excluding hydrogens is 370 g/mol. The Bertz CT molecular complexity index is 1030. The van der Waals surface area contributed by atoms with E-state index < -0.39 is 5.97 Å². The zero-order valence-corrected chi connectivity index (χ0v) is 15.4. The van der Waals surface area contributed by atoms with Crippen molar-refractivity contribution < 1.29 is 23.9 Å². The molecule has 1 aliphatic heterocycles. The topological polar surface area (TPSA) is 72.9 Å². The number of carbonyl (C=O) groups excluding carboxylic acids is 3. The van der Waals surface area contributed by atoms with E-state index in [1.165, 1.54) is 0 Å². The lowest BCUT2D eigenvalue weighted by molar-refractivity contribution is 0.0420. The van der Waals surface area contributed by atoms with Gasteiger partial charge in [0.2, 0.25) is 0 Å². The normalized spacial score (nSPS) is 12.6. The predicted molar refractivity (Wildman–Crippen MR) is 105 cm³/mol. The first-order valence-corrected chi connectivity index (χ1v) is 9.09. The molecule has 0 saturated carbocycles. The number of benzene rings is 3. The van der Waals surface area contributed by atoms with E-state index >= 15 is 0 Å². The summed E-state index contributed by atoms with van der Waals surface area (Å²) in [5.41, 5.74) is 1.10. The summed E-state index contributed by atoms with van der Waals surface area (Å²) in [4.78, 5) is 37.9. The molecule has 0 fully saturated rings. The van der Waals surface area contributed by atoms with Crippen LogP contribution in [-0.4, -0.2) is 35.8 Å². The SMILES string of the molecule is O=C(OCCN1C(=O)c2ccccc2C1=O)c1ccc(Oc2ccccc2)cc1. The van der Waals surface area contributed by atoms with Gasteiger partial charge < -0.3 is 9.47 Å². The van der Waals surface area contributed by atoms with E-state index in [9.17, 15) is 14.4 Å². The van der Waals surface area contributed by atoms with Gasteiger partial charge in [-0.05, 0) is 48.5 Å². The number of ether oxygens (including phenoxy) is 2. The Hall–Kier alpha value is -3.93. The minimum Gasteiger partial charge on any atom is -0.460 e. The number of para-hydroxylation sites is 1. The summed E-state index contributed by atoms with van der Waals surface area (Å²) in [7, 11) is 0. The molecule has 3 aromatic rings. The number of fused-ring (bicyclic) bond motifs is 1. The predicted octanol–water partition coefficient (Wildman–Crippen LogP) is 3.93. The molecule has 2 amide bonds. The number of imide groups is 1. The van der Waals surface area contributed by atoms with Crippen molar-refractivity contribution >= 4 is 17.8 Å². The largest absolute Gasteiger partial charge is 0.460 e. The molecule has 0 bridgehead atoms. The number of rotatable bonds is 6. The first-order valence-electron chi connectivity index (χ1n) is 9.09. The van der Waals surface area contributed by atoms with E-state index in [1.54, 1.807) is 48.5 Å². The zero-order chi connectivity index (χ0) is 20.2. The summed E-state index contributed by atoms with van der Waals surface area (Å²) in [6.45, 7) is -0.0696. The molecule has 29 heavy (non-hydrogen) atoms. The van der Waals surface area contributed by atoms with Crippen molar-refractivity contribution in [1.82, 2.24) is 4.90 Å². The van der Waals surface area contributed by atoms with E-state index in [2.05, 4.69) is 0 Å². The van der Waals surface area contributed by atoms with Crippen molar-refractivity contribution in [3.63, 3.8) is 0 Å². The fraction of sp³-hybridized carbons (Fsp3) is 0.0870. The average molecular weight is 387 g/mol. The van der Waals surface area contributed by atoms with Gasteiger partial charge in [-0.2, -0.15) is 0 Å². The Morgan fingerprint density at radius 3 is 1.90 bits per heavy atom. The van der Waals surface area contributed by atoms with Crippen LogP contribution in [0.3, 0.4) is 0 Å². The van der Waals surface area contributed by atoms with Gasteiger partial charge in [0.05, 0.1) is 23.2 Å². The molecule has 0 spiro atoms. The van der Waals surface area contributed by atoms with Crippen LogP contribution in [0.25, 0.3) is 0 Å². The molecule has 1 heterocycles. The van der Waals surface area contributed by atoms with Crippen molar-refractivity contribution in [2.24, 2.45) is 0 Å². The van der Waals surface area contributed by atoms with Crippen LogP contribution in [0.5, 0.6) is 11.5 Å². The molecule has 3 aromatic carbocycles. The third-order valence-electron chi connectivity index (χ3n) is 4.50. The van der Waals surface area contributed by atoms with E-state index in [1.807, 2.05) is 30.3 Å². The lowest BCUT2D eigenvalue weighted by atomic mass is 10.1. The Kier molecular flexibility index (Phi) is 5.07. The van der Waals surface area contributed by atoms with E-state index in [0.29, 0.717) is 28.2 Å². The van der Waals surface area contributed by atoms with E-state index in [4.69, 9.17) is 9.47 Å². The highest BCUT2D eigenvalue weighted by molar-refractivity contribution is 6.21. The third-order valence-corrected chi connectivity index (χ3v) is 4.50. The van der Waals surface area contributed by atoms with Crippen LogP contribution in [0.1, 0.15) is 31.1 Å². The number of hydrogen-bond donors (Lipinski definition) is 0. The van der Waals surface area contributed by atoms with Crippen LogP contribution in [-0.2, 0) is 4.74 Å². The highest BCUT2D eigenvalue weighted by Crippen LogP contribution is 2.23. The van der Waals surface area contributed by atoms with Gasteiger partial charge in [0, 0.05) is 0 Å². The Balaban J connectivity index is 1.31. The fourth-order valence-corrected chi connectivity index (χ4v) is 3.04. The molecule has 144 valence electrons. The second-order valence-electron chi connectivity index (χ2n) is 6.38. The maximum absolute atomic E-state index is 12.3. The Labute approximate surface area is 167 Å². The van der Waals surface area contributed by atoms with Gasteiger partial charge in [0.25, 0.3) is 11.8 Å². The molecule has 0 saturated heterocycles. The highest BCUT2D eigenvalue weighted by atomic mass is 16.5.